The van der Waals surface area contributed by atoms with Crippen molar-refractivity contribution in [3.05, 3.63) is 40.1 Å². The summed E-state index contributed by atoms with van der Waals surface area (Å²) in [5, 5.41) is 22.0. The van der Waals surface area contributed by atoms with Gasteiger partial charge in [-0.15, -0.1) is 10.2 Å². The molecule has 0 saturated heterocycles. The highest BCUT2D eigenvalue weighted by Gasteiger charge is 2.25. The first kappa shape index (κ1) is 13.5. The lowest BCUT2D eigenvalue weighted by Crippen LogP contribution is -2.10. The molecule has 0 atom stereocenters. The second kappa shape index (κ2) is 5.47. The third kappa shape index (κ3) is 2.99. The number of nitro groups is 1. The maximum absolute atomic E-state index is 10.7. The van der Waals surface area contributed by atoms with E-state index in [1.165, 1.54) is 19.0 Å². The summed E-state index contributed by atoms with van der Waals surface area (Å²) in [6.07, 6.45) is 6.20. The molecule has 0 unspecified atom stereocenters. The van der Waals surface area contributed by atoms with Gasteiger partial charge in [-0.1, -0.05) is 0 Å². The number of aryl methyl sites for hydroxylation is 1. The third-order valence-electron chi connectivity index (χ3n) is 3.52. The molecular formula is C13H16N6O2. The van der Waals surface area contributed by atoms with Crippen molar-refractivity contribution in [1.82, 2.24) is 19.7 Å². The Hall–Kier alpha value is -2.51. The van der Waals surface area contributed by atoms with E-state index in [4.69, 9.17) is 0 Å². The monoisotopic (exact) mass is 288 g/mol. The lowest BCUT2D eigenvalue weighted by atomic mass is 10.2. The van der Waals surface area contributed by atoms with Gasteiger partial charge >= 0.3 is 0 Å². The number of pyridine rings is 1. The highest BCUT2D eigenvalue weighted by molar-refractivity contribution is 5.46. The van der Waals surface area contributed by atoms with Gasteiger partial charge in [-0.25, -0.2) is 4.98 Å². The maximum Gasteiger partial charge on any atom is 0.290 e. The summed E-state index contributed by atoms with van der Waals surface area (Å²) < 4.78 is 2.12. The summed E-state index contributed by atoms with van der Waals surface area (Å²) in [5.74, 6) is 1.60. The molecule has 1 saturated carbocycles. The summed E-state index contributed by atoms with van der Waals surface area (Å²) in [4.78, 5) is 14.4. The zero-order valence-corrected chi connectivity index (χ0v) is 11.7. The Morgan fingerprint density at radius 2 is 2.33 bits per heavy atom. The summed E-state index contributed by atoms with van der Waals surface area (Å²) in [6, 6.07) is 2.25. The van der Waals surface area contributed by atoms with E-state index in [9.17, 15) is 10.1 Å². The molecule has 21 heavy (non-hydrogen) atoms. The molecule has 2 heterocycles. The van der Waals surface area contributed by atoms with E-state index in [1.807, 2.05) is 0 Å². The van der Waals surface area contributed by atoms with Gasteiger partial charge in [0.1, 0.15) is 24.2 Å². The van der Waals surface area contributed by atoms with Gasteiger partial charge in [-0.05, 0) is 25.8 Å². The fourth-order valence-corrected chi connectivity index (χ4v) is 2.24. The van der Waals surface area contributed by atoms with Gasteiger partial charge in [-0.3, -0.25) is 10.1 Å². The number of hydrogen-bond donors (Lipinski definition) is 1. The van der Waals surface area contributed by atoms with Gasteiger partial charge in [0.25, 0.3) is 5.69 Å². The van der Waals surface area contributed by atoms with E-state index in [2.05, 4.69) is 25.1 Å². The van der Waals surface area contributed by atoms with Gasteiger partial charge in [0.2, 0.25) is 0 Å². The van der Waals surface area contributed by atoms with Crippen molar-refractivity contribution in [3.8, 4) is 0 Å². The molecule has 3 rings (SSSR count). The SMILES string of the molecule is Cc1cc(NCCc2nncn2C2CC2)ncc1[N+](=O)[O-]. The van der Waals surface area contributed by atoms with Crippen molar-refractivity contribution in [2.45, 2.75) is 32.2 Å². The van der Waals surface area contributed by atoms with Crippen molar-refractivity contribution in [1.29, 1.82) is 0 Å². The van der Waals surface area contributed by atoms with Crippen LogP contribution >= 0.6 is 0 Å². The molecule has 1 aliphatic carbocycles. The van der Waals surface area contributed by atoms with Crippen LogP contribution < -0.4 is 5.32 Å². The molecule has 0 radical (unpaired) electrons. The molecule has 1 aliphatic rings. The van der Waals surface area contributed by atoms with Gasteiger partial charge in [-0.2, -0.15) is 0 Å². The average Bonchev–Trinajstić information content (AvgIpc) is 3.18. The van der Waals surface area contributed by atoms with E-state index < -0.39 is 4.92 Å². The normalized spacial score (nSPS) is 14.1. The number of nitrogens with one attached hydrogen (secondary N) is 1. The molecular weight excluding hydrogens is 272 g/mol. The summed E-state index contributed by atoms with van der Waals surface area (Å²) in [5.41, 5.74) is 0.632. The number of rotatable bonds is 6. The van der Waals surface area contributed by atoms with Gasteiger partial charge < -0.3 is 9.88 Å². The minimum atomic E-state index is -0.426. The smallest absolute Gasteiger partial charge is 0.290 e. The Balaban J connectivity index is 1.59. The van der Waals surface area contributed by atoms with E-state index in [0.717, 1.165) is 12.2 Å². The van der Waals surface area contributed by atoms with Gasteiger partial charge in [0.05, 0.1) is 4.92 Å². The highest BCUT2D eigenvalue weighted by atomic mass is 16.6. The number of nitrogens with zero attached hydrogens (tertiary/aromatic N) is 5. The predicted molar refractivity (Wildman–Crippen MR) is 76.1 cm³/mol. The zero-order chi connectivity index (χ0) is 14.8. The largest absolute Gasteiger partial charge is 0.370 e. The van der Waals surface area contributed by atoms with E-state index in [-0.39, 0.29) is 5.69 Å². The minimum Gasteiger partial charge on any atom is -0.370 e. The molecule has 2 aromatic rings. The topological polar surface area (TPSA) is 98.8 Å². The molecule has 2 aromatic heterocycles. The highest BCUT2D eigenvalue weighted by Crippen LogP contribution is 2.35. The Labute approximate surface area is 121 Å². The Morgan fingerprint density at radius 1 is 1.52 bits per heavy atom. The first-order valence-electron chi connectivity index (χ1n) is 6.88. The van der Waals surface area contributed by atoms with Crippen molar-refractivity contribution in [3.63, 3.8) is 0 Å². The fraction of sp³-hybridized carbons (Fsp3) is 0.462. The van der Waals surface area contributed by atoms with Crippen LogP contribution in [0, 0.1) is 17.0 Å². The second-order valence-corrected chi connectivity index (χ2v) is 5.18. The Morgan fingerprint density at radius 3 is 3.00 bits per heavy atom. The molecule has 8 heteroatoms. The van der Waals surface area contributed by atoms with Crippen molar-refractivity contribution >= 4 is 11.5 Å². The first-order valence-corrected chi connectivity index (χ1v) is 6.88. The number of hydrogen-bond acceptors (Lipinski definition) is 6. The van der Waals surface area contributed by atoms with Crippen LogP contribution in [0.25, 0.3) is 0 Å². The van der Waals surface area contributed by atoms with Crippen LogP contribution in [0.2, 0.25) is 0 Å². The summed E-state index contributed by atoms with van der Waals surface area (Å²) in [7, 11) is 0. The quantitative estimate of drug-likeness (QED) is 0.643. The Bertz CT molecular complexity index is 664. The van der Waals surface area contributed by atoms with Crippen LogP contribution in [-0.2, 0) is 6.42 Å². The van der Waals surface area contributed by atoms with E-state index in [0.29, 0.717) is 24.0 Å². The van der Waals surface area contributed by atoms with Gasteiger partial charge in [0.15, 0.2) is 0 Å². The molecule has 0 aromatic carbocycles. The van der Waals surface area contributed by atoms with Gasteiger partial charge in [0, 0.05) is 24.6 Å². The van der Waals surface area contributed by atoms with Crippen LogP contribution in [0.4, 0.5) is 11.5 Å². The Kier molecular flexibility index (Phi) is 3.51. The average molecular weight is 288 g/mol. The standard InChI is InChI=1S/C13H16N6O2/c1-9-6-12(15-7-11(9)19(20)21)14-5-4-13-17-16-8-18(13)10-2-3-10/h6-8,10H,2-5H2,1H3,(H,14,15). The molecule has 1 N–H and O–H groups in total. The predicted octanol–water partition coefficient (Wildman–Crippen LogP) is 1.88. The van der Waals surface area contributed by atoms with Crippen LogP contribution in [-0.4, -0.2) is 31.2 Å². The van der Waals surface area contributed by atoms with Crippen molar-refractivity contribution in [2.75, 3.05) is 11.9 Å². The molecule has 0 spiro atoms. The fourth-order valence-electron chi connectivity index (χ4n) is 2.24. The van der Waals surface area contributed by atoms with Crippen LogP contribution in [0.15, 0.2) is 18.6 Å². The van der Waals surface area contributed by atoms with E-state index >= 15 is 0 Å². The third-order valence-corrected chi connectivity index (χ3v) is 3.52. The van der Waals surface area contributed by atoms with Crippen molar-refractivity contribution in [2.24, 2.45) is 0 Å². The minimum absolute atomic E-state index is 0.0361. The molecule has 110 valence electrons. The van der Waals surface area contributed by atoms with Crippen LogP contribution in [0.3, 0.4) is 0 Å². The molecule has 1 fully saturated rings. The number of anilines is 1. The summed E-state index contributed by atoms with van der Waals surface area (Å²) in [6.45, 7) is 2.37. The maximum atomic E-state index is 10.7. The lowest BCUT2D eigenvalue weighted by Gasteiger charge is -2.07. The second-order valence-electron chi connectivity index (χ2n) is 5.18. The first-order chi connectivity index (χ1) is 10.1. The molecule has 0 aliphatic heterocycles. The van der Waals surface area contributed by atoms with Crippen LogP contribution in [0.5, 0.6) is 0 Å². The number of aromatic nitrogens is 4. The molecule has 0 amide bonds. The van der Waals surface area contributed by atoms with Crippen LogP contribution in [0.1, 0.15) is 30.3 Å². The summed E-state index contributed by atoms with van der Waals surface area (Å²) >= 11 is 0. The van der Waals surface area contributed by atoms with E-state index in [1.54, 1.807) is 19.3 Å². The molecule has 8 nitrogen and oxygen atoms in total. The molecule has 0 bridgehead atoms. The lowest BCUT2D eigenvalue weighted by molar-refractivity contribution is -0.385. The zero-order valence-electron chi connectivity index (χ0n) is 11.7. The van der Waals surface area contributed by atoms with Crippen molar-refractivity contribution < 1.29 is 4.92 Å².